The first-order valence-electron chi connectivity index (χ1n) is 11.0. The number of sulfonamides is 1. The van der Waals surface area contributed by atoms with Crippen LogP contribution >= 0.6 is 0 Å². The fourth-order valence-corrected chi connectivity index (χ4v) is 5.06. The lowest BCUT2D eigenvalue weighted by Gasteiger charge is -2.28. The highest BCUT2D eigenvalue weighted by molar-refractivity contribution is 7.89. The van der Waals surface area contributed by atoms with Gasteiger partial charge in [-0.05, 0) is 49.3 Å². The van der Waals surface area contributed by atoms with Crippen LogP contribution in [0.3, 0.4) is 0 Å². The van der Waals surface area contributed by atoms with Crippen LogP contribution in [-0.4, -0.2) is 45.3 Å². The van der Waals surface area contributed by atoms with Gasteiger partial charge in [-0.15, -0.1) is 0 Å². The maximum Gasteiger partial charge on any atom is 0.242 e. The molecule has 172 valence electrons. The molecule has 1 fully saturated rings. The Morgan fingerprint density at radius 1 is 0.938 bits per heavy atom. The molecule has 0 saturated heterocycles. The van der Waals surface area contributed by atoms with E-state index in [1.807, 2.05) is 30.3 Å². The van der Waals surface area contributed by atoms with Crippen molar-refractivity contribution in [2.45, 2.75) is 37.1 Å². The van der Waals surface area contributed by atoms with Crippen LogP contribution in [0.5, 0.6) is 0 Å². The summed E-state index contributed by atoms with van der Waals surface area (Å²) < 4.78 is 27.4. The number of hydrogen-bond donors (Lipinski definition) is 2. The van der Waals surface area contributed by atoms with E-state index in [4.69, 9.17) is 0 Å². The third kappa shape index (κ3) is 6.90. The second kappa shape index (κ2) is 11.2. The lowest BCUT2D eigenvalue weighted by atomic mass is 9.81. The summed E-state index contributed by atoms with van der Waals surface area (Å²) in [4.78, 5) is 26.7. The van der Waals surface area contributed by atoms with Crippen molar-refractivity contribution in [3.63, 3.8) is 0 Å². The highest BCUT2D eigenvalue weighted by Gasteiger charge is 2.27. The van der Waals surface area contributed by atoms with Gasteiger partial charge in [0.2, 0.25) is 21.8 Å². The molecule has 2 N–H and O–H groups in total. The predicted molar refractivity (Wildman–Crippen MR) is 123 cm³/mol. The number of hydrogen-bond acceptors (Lipinski definition) is 4. The molecule has 0 heterocycles. The quantitative estimate of drug-likeness (QED) is 0.605. The standard InChI is InChI=1S/C24H31N3O4S/c1-27(18-20-8-4-2-5-9-20)23(28)17-25-24(29)21-14-12-19(13-15-21)16-26-32(30,31)22-10-6-3-7-11-22/h2-11,19,21,26H,12-18H2,1H3,(H,25,29). The monoisotopic (exact) mass is 457 g/mol. The lowest BCUT2D eigenvalue weighted by Crippen LogP contribution is -2.41. The molecule has 1 aliphatic carbocycles. The van der Waals surface area contributed by atoms with Gasteiger partial charge in [-0.2, -0.15) is 0 Å². The van der Waals surface area contributed by atoms with Crippen LogP contribution in [0.2, 0.25) is 0 Å². The largest absolute Gasteiger partial charge is 0.347 e. The topological polar surface area (TPSA) is 95.6 Å². The molecule has 8 heteroatoms. The van der Waals surface area contributed by atoms with Crippen LogP contribution in [-0.2, 0) is 26.2 Å². The molecule has 1 aliphatic rings. The number of nitrogens with zero attached hydrogens (tertiary/aromatic N) is 1. The number of carbonyl (C=O) groups is 2. The van der Waals surface area contributed by atoms with Crippen LogP contribution in [0.25, 0.3) is 0 Å². The Balaban J connectivity index is 1.37. The van der Waals surface area contributed by atoms with Crippen LogP contribution in [0.4, 0.5) is 0 Å². The van der Waals surface area contributed by atoms with Gasteiger partial charge in [-0.25, -0.2) is 13.1 Å². The molecule has 0 unspecified atom stereocenters. The zero-order chi connectivity index (χ0) is 23.0. The summed E-state index contributed by atoms with van der Waals surface area (Å²) in [7, 11) is -1.78. The minimum atomic E-state index is -3.51. The molecule has 7 nitrogen and oxygen atoms in total. The van der Waals surface area contributed by atoms with Crippen LogP contribution in [0, 0.1) is 11.8 Å². The zero-order valence-electron chi connectivity index (χ0n) is 18.4. The molecule has 32 heavy (non-hydrogen) atoms. The fourth-order valence-electron chi connectivity index (χ4n) is 3.93. The Morgan fingerprint density at radius 3 is 2.16 bits per heavy atom. The molecule has 0 radical (unpaired) electrons. The second-order valence-electron chi connectivity index (χ2n) is 8.34. The maximum atomic E-state index is 12.5. The van der Waals surface area contributed by atoms with Crippen molar-refractivity contribution < 1.29 is 18.0 Å². The lowest BCUT2D eigenvalue weighted by molar-refractivity contribution is -0.133. The average molecular weight is 458 g/mol. The predicted octanol–water partition coefficient (Wildman–Crippen LogP) is 2.55. The summed E-state index contributed by atoms with van der Waals surface area (Å²) in [5, 5.41) is 2.77. The van der Waals surface area contributed by atoms with Crippen molar-refractivity contribution in [2.24, 2.45) is 11.8 Å². The summed E-state index contributed by atoms with van der Waals surface area (Å²) in [6, 6.07) is 18.0. The van der Waals surface area contributed by atoms with Gasteiger partial charge in [0.1, 0.15) is 0 Å². The van der Waals surface area contributed by atoms with Gasteiger partial charge in [0, 0.05) is 26.1 Å². The number of amides is 2. The molecule has 0 bridgehead atoms. The van der Waals surface area contributed by atoms with E-state index in [0.717, 1.165) is 18.4 Å². The highest BCUT2D eigenvalue weighted by atomic mass is 32.2. The summed E-state index contributed by atoms with van der Waals surface area (Å²) in [5.74, 6) is -0.165. The average Bonchev–Trinajstić information content (AvgIpc) is 2.82. The van der Waals surface area contributed by atoms with Gasteiger partial charge in [0.05, 0.1) is 11.4 Å². The summed E-state index contributed by atoms with van der Waals surface area (Å²) in [6.45, 7) is 0.854. The first kappa shape index (κ1) is 23.9. The third-order valence-electron chi connectivity index (χ3n) is 5.94. The van der Waals surface area contributed by atoms with Gasteiger partial charge >= 0.3 is 0 Å². The number of likely N-dealkylation sites (N-methyl/N-ethyl adjacent to an activating group) is 1. The molecule has 0 atom stereocenters. The van der Waals surface area contributed by atoms with E-state index in [9.17, 15) is 18.0 Å². The minimum Gasteiger partial charge on any atom is -0.347 e. The molecule has 0 aliphatic heterocycles. The molecule has 3 rings (SSSR count). The van der Waals surface area contributed by atoms with Crippen molar-refractivity contribution in [3.05, 3.63) is 66.2 Å². The Labute approximate surface area is 190 Å². The Morgan fingerprint density at radius 2 is 1.53 bits per heavy atom. The minimum absolute atomic E-state index is 0.0149. The molecule has 2 amide bonds. The third-order valence-corrected chi connectivity index (χ3v) is 7.37. The Bertz CT molecular complexity index is 988. The normalized spacial score (nSPS) is 18.7. The SMILES string of the molecule is CN(Cc1ccccc1)C(=O)CNC(=O)C1CCC(CNS(=O)(=O)c2ccccc2)CC1. The number of benzene rings is 2. The van der Waals surface area contributed by atoms with Gasteiger partial charge in [0.25, 0.3) is 0 Å². The summed E-state index contributed by atoms with van der Waals surface area (Å²) in [5.41, 5.74) is 1.04. The van der Waals surface area contributed by atoms with E-state index in [1.54, 1.807) is 42.3 Å². The molecule has 0 spiro atoms. The molecule has 0 aromatic heterocycles. The molecule has 2 aromatic rings. The van der Waals surface area contributed by atoms with Gasteiger partial charge in [0.15, 0.2) is 0 Å². The summed E-state index contributed by atoms with van der Waals surface area (Å²) >= 11 is 0. The van der Waals surface area contributed by atoms with Crippen LogP contribution in [0.15, 0.2) is 65.6 Å². The van der Waals surface area contributed by atoms with E-state index < -0.39 is 10.0 Å². The number of nitrogens with one attached hydrogen (secondary N) is 2. The molecule has 2 aromatic carbocycles. The fraction of sp³-hybridized carbons (Fsp3) is 0.417. The first-order valence-corrected chi connectivity index (χ1v) is 12.4. The Hall–Kier alpha value is -2.71. The molecular formula is C24H31N3O4S. The van der Waals surface area contributed by atoms with Crippen molar-refractivity contribution >= 4 is 21.8 Å². The summed E-state index contributed by atoms with van der Waals surface area (Å²) in [6.07, 6.45) is 2.93. The zero-order valence-corrected chi connectivity index (χ0v) is 19.2. The maximum absolute atomic E-state index is 12.5. The molecule has 1 saturated carbocycles. The van der Waals surface area contributed by atoms with Crippen molar-refractivity contribution in [3.8, 4) is 0 Å². The van der Waals surface area contributed by atoms with Crippen LogP contribution in [0.1, 0.15) is 31.2 Å². The van der Waals surface area contributed by atoms with Gasteiger partial charge in [-0.1, -0.05) is 48.5 Å². The number of rotatable bonds is 9. The van der Waals surface area contributed by atoms with E-state index in [-0.39, 0.29) is 35.1 Å². The van der Waals surface area contributed by atoms with Crippen molar-refractivity contribution in [2.75, 3.05) is 20.1 Å². The van der Waals surface area contributed by atoms with Gasteiger partial charge < -0.3 is 10.2 Å². The van der Waals surface area contributed by atoms with Crippen molar-refractivity contribution in [1.82, 2.24) is 14.9 Å². The van der Waals surface area contributed by atoms with E-state index in [1.165, 1.54) is 0 Å². The Kier molecular flexibility index (Phi) is 8.41. The first-order chi connectivity index (χ1) is 15.3. The van der Waals surface area contributed by atoms with Crippen LogP contribution < -0.4 is 10.0 Å². The number of carbonyl (C=O) groups excluding carboxylic acids is 2. The van der Waals surface area contributed by atoms with E-state index in [2.05, 4.69) is 10.0 Å². The van der Waals surface area contributed by atoms with E-state index >= 15 is 0 Å². The second-order valence-corrected chi connectivity index (χ2v) is 10.1. The van der Waals surface area contributed by atoms with E-state index in [0.29, 0.717) is 25.9 Å². The van der Waals surface area contributed by atoms with Crippen molar-refractivity contribution in [1.29, 1.82) is 0 Å². The molecular weight excluding hydrogens is 426 g/mol. The van der Waals surface area contributed by atoms with Gasteiger partial charge in [-0.3, -0.25) is 9.59 Å². The smallest absolute Gasteiger partial charge is 0.242 e. The highest BCUT2D eigenvalue weighted by Crippen LogP contribution is 2.28.